The molecule has 0 aliphatic rings. The zero-order valence-corrected chi connectivity index (χ0v) is 14.2. The molecule has 0 atom stereocenters. The van der Waals surface area contributed by atoms with Crippen LogP contribution >= 0.6 is 11.3 Å². The molecule has 2 heterocycles. The van der Waals surface area contributed by atoms with E-state index in [1.54, 1.807) is 6.92 Å². The van der Waals surface area contributed by atoms with E-state index in [0.29, 0.717) is 10.5 Å². The van der Waals surface area contributed by atoms with Crippen LogP contribution in [0, 0.1) is 6.92 Å². The van der Waals surface area contributed by atoms with E-state index in [9.17, 15) is 9.59 Å². The van der Waals surface area contributed by atoms with Crippen LogP contribution in [0.4, 0.5) is 0 Å². The molecule has 2 aromatic heterocycles. The van der Waals surface area contributed by atoms with Gasteiger partial charge in [-0.15, -0.1) is 0 Å². The molecule has 6 heteroatoms. The lowest BCUT2D eigenvalue weighted by Crippen LogP contribution is -2.14. The molecule has 0 aliphatic carbocycles. The molecule has 124 valence electrons. The van der Waals surface area contributed by atoms with E-state index >= 15 is 0 Å². The minimum Gasteiger partial charge on any atom is -0.481 e. The summed E-state index contributed by atoms with van der Waals surface area (Å²) in [6.45, 7) is 1.78. The molecule has 25 heavy (non-hydrogen) atoms. The minimum absolute atomic E-state index is 0.0281. The summed E-state index contributed by atoms with van der Waals surface area (Å²) in [4.78, 5) is 28.1. The molecule has 0 bridgehead atoms. The Bertz CT molecular complexity index is 1180. The molecule has 1 N–H and O–H groups in total. The van der Waals surface area contributed by atoms with Crippen molar-refractivity contribution in [3.8, 4) is 11.3 Å². The average molecular weight is 350 g/mol. The number of aliphatic carboxylic acids is 1. The summed E-state index contributed by atoms with van der Waals surface area (Å²) in [6.07, 6.45) is -0.0281. The number of hydrogen-bond acceptors (Lipinski definition) is 4. The van der Waals surface area contributed by atoms with E-state index in [2.05, 4.69) is 4.98 Å². The Hall–Kier alpha value is -2.99. The van der Waals surface area contributed by atoms with Gasteiger partial charge in [-0.05, 0) is 30.2 Å². The Labute approximate surface area is 146 Å². The van der Waals surface area contributed by atoms with Gasteiger partial charge in [0.25, 0.3) is 5.56 Å². The number of aromatic nitrogens is 2. The first-order valence-corrected chi connectivity index (χ1v) is 8.58. The topological polar surface area (TPSA) is 71.7 Å². The average Bonchev–Trinajstić information content (AvgIpc) is 2.93. The number of nitrogens with zero attached hydrogens (tertiary/aromatic N) is 2. The minimum atomic E-state index is -0.867. The van der Waals surface area contributed by atoms with Crippen LogP contribution < -0.4 is 5.56 Å². The van der Waals surface area contributed by atoms with Crippen LogP contribution in [-0.4, -0.2) is 20.5 Å². The first-order valence-electron chi connectivity index (χ1n) is 7.76. The van der Waals surface area contributed by atoms with Gasteiger partial charge in [0.15, 0.2) is 4.96 Å². The third-order valence-corrected chi connectivity index (χ3v) is 5.16. The number of carboxylic acid groups (broad SMARTS) is 1. The highest BCUT2D eigenvalue weighted by Gasteiger charge is 2.16. The van der Waals surface area contributed by atoms with Gasteiger partial charge >= 0.3 is 5.97 Å². The van der Waals surface area contributed by atoms with Crippen LogP contribution in [0.2, 0.25) is 0 Å². The van der Waals surface area contributed by atoms with E-state index in [1.807, 2.05) is 52.9 Å². The second-order valence-corrected chi connectivity index (χ2v) is 6.86. The van der Waals surface area contributed by atoms with Gasteiger partial charge in [0, 0.05) is 5.56 Å². The Morgan fingerprint density at radius 2 is 1.96 bits per heavy atom. The number of benzene rings is 2. The fraction of sp³-hybridized carbons (Fsp3) is 0.105. The normalized spacial score (nSPS) is 11.2. The summed E-state index contributed by atoms with van der Waals surface area (Å²) in [5.41, 5.74) is 3.78. The van der Waals surface area contributed by atoms with Crippen molar-refractivity contribution >= 4 is 32.5 Å². The maximum Gasteiger partial charge on any atom is 0.307 e. The van der Waals surface area contributed by atoms with E-state index in [4.69, 9.17) is 5.11 Å². The Morgan fingerprint density at radius 3 is 2.68 bits per heavy atom. The molecule has 5 nitrogen and oxygen atoms in total. The summed E-state index contributed by atoms with van der Waals surface area (Å²) in [7, 11) is 0. The predicted molar refractivity (Wildman–Crippen MR) is 98.4 cm³/mol. The van der Waals surface area contributed by atoms with Crippen molar-refractivity contribution < 1.29 is 9.90 Å². The first kappa shape index (κ1) is 15.5. The molecule has 4 rings (SSSR count). The standard InChI is InChI=1S/C19H14N2O3S/c1-11-17(13-5-3-2-4-6-13)21-14-8-7-12(10-16(22)23)9-15(14)25-19(21)20-18(11)24/h2-9H,10H2,1H3,(H,22,23). The zero-order valence-electron chi connectivity index (χ0n) is 13.4. The lowest BCUT2D eigenvalue weighted by Gasteiger charge is -2.09. The molecule has 0 fully saturated rings. The zero-order chi connectivity index (χ0) is 17.6. The van der Waals surface area contributed by atoms with E-state index in [1.165, 1.54) is 11.3 Å². The first-order chi connectivity index (χ1) is 12.0. The highest BCUT2D eigenvalue weighted by atomic mass is 32.1. The lowest BCUT2D eigenvalue weighted by molar-refractivity contribution is -0.136. The third-order valence-electron chi connectivity index (χ3n) is 4.16. The lowest BCUT2D eigenvalue weighted by atomic mass is 10.1. The van der Waals surface area contributed by atoms with Gasteiger partial charge in [-0.1, -0.05) is 47.7 Å². The van der Waals surface area contributed by atoms with Crippen LogP contribution in [0.5, 0.6) is 0 Å². The highest BCUT2D eigenvalue weighted by Crippen LogP contribution is 2.31. The van der Waals surface area contributed by atoms with Crippen LogP contribution in [0.15, 0.2) is 53.3 Å². The van der Waals surface area contributed by atoms with Crippen molar-refractivity contribution in [1.82, 2.24) is 9.38 Å². The molecular formula is C19H14N2O3S. The monoisotopic (exact) mass is 350 g/mol. The van der Waals surface area contributed by atoms with E-state index in [-0.39, 0.29) is 12.0 Å². The number of thiazole rings is 1. The molecule has 0 saturated heterocycles. The van der Waals surface area contributed by atoms with Crippen molar-refractivity contribution in [3.63, 3.8) is 0 Å². The van der Waals surface area contributed by atoms with Crippen LogP contribution in [-0.2, 0) is 11.2 Å². The Morgan fingerprint density at radius 1 is 1.20 bits per heavy atom. The molecule has 0 unspecified atom stereocenters. The van der Waals surface area contributed by atoms with Crippen LogP contribution in [0.3, 0.4) is 0 Å². The van der Waals surface area contributed by atoms with Gasteiger partial charge in [0.2, 0.25) is 0 Å². The van der Waals surface area contributed by atoms with Gasteiger partial charge in [0.1, 0.15) is 0 Å². The largest absolute Gasteiger partial charge is 0.481 e. The molecule has 4 aromatic rings. The van der Waals surface area contributed by atoms with Crippen molar-refractivity contribution in [3.05, 3.63) is 70.0 Å². The van der Waals surface area contributed by atoms with Crippen LogP contribution in [0.25, 0.3) is 26.4 Å². The number of carboxylic acids is 1. The Kier molecular flexibility index (Phi) is 3.62. The van der Waals surface area contributed by atoms with Gasteiger partial charge < -0.3 is 5.11 Å². The summed E-state index contributed by atoms with van der Waals surface area (Å²) in [5.74, 6) is -0.867. The quantitative estimate of drug-likeness (QED) is 0.614. The highest BCUT2D eigenvalue weighted by molar-refractivity contribution is 7.23. The van der Waals surface area contributed by atoms with Crippen molar-refractivity contribution in [2.75, 3.05) is 0 Å². The second kappa shape index (κ2) is 5.82. The number of fused-ring (bicyclic) bond motifs is 3. The van der Waals surface area contributed by atoms with E-state index in [0.717, 1.165) is 27.0 Å². The fourth-order valence-corrected chi connectivity index (χ4v) is 4.11. The molecule has 0 amide bonds. The number of carbonyl (C=O) groups is 1. The fourth-order valence-electron chi connectivity index (χ4n) is 3.03. The van der Waals surface area contributed by atoms with Crippen molar-refractivity contribution in [1.29, 1.82) is 0 Å². The summed E-state index contributed by atoms with van der Waals surface area (Å²) in [5, 5.41) is 8.99. The van der Waals surface area contributed by atoms with Crippen molar-refractivity contribution in [2.24, 2.45) is 0 Å². The smallest absolute Gasteiger partial charge is 0.307 e. The maximum atomic E-state index is 12.3. The molecule has 0 radical (unpaired) electrons. The second-order valence-electron chi connectivity index (χ2n) is 5.85. The summed E-state index contributed by atoms with van der Waals surface area (Å²) in [6, 6.07) is 15.3. The van der Waals surface area contributed by atoms with Gasteiger partial charge in [-0.25, -0.2) is 0 Å². The third kappa shape index (κ3) is 2.60. The summed E-state index contributed by atoms with van der Waals surface area (Å²) < 4.78 is 2.89. The van der Waals surface area contributed by atoms with E-state index < -0.39 is 5.97 Å². The van der Waals surface area contributed by atoms with Crippen LogP contribution in [0.1, 0.15) is 11.1 Å². The molecule has 0 saturated carbocycles. The molecule has 0 spiro atoms. The molecular weight excluding hydrogens is 336 g/mol. The van der Waals surface area contributed by atoms with Gasteiger partial charge in [-0.3, -0.25) is 14.0 Å². The van der Waals surface area contributed by atoms with Gasteiger partial charge in [-0.2, -0.15) is 4.98 Å². The number of rotatable bonds is 3. The van der Waals surface area contributed by atoms with Gasteiger partial charge in [0.05, 0.1) is 22.3 Å². The molecule has 0 aliphatic heterocycles. The summed E-state index contributed by atoms with van der Waals surface area (Å²) >= 11 is 1.39. The Balaban J connectivity index is 2.08. The SMILES string of the molecule is Cc1c(-c2ccccc2)n2c(nc1=O)sc1cc(CC(=O)O)ccc12. The van der Waals surface area contributed by atoms with Crippen molar-refractivity contribution in [2.45, 2.75) is 13.3 Å². The predicted octanol–water partition coefficient (Wildman–Crippen LogP) is 3.51. The number of hydrogen-bond donors (Lipinski definition) is 1. The maximum absolute atomic E-state index is 12.3. The molecule has 2 aromatic carbocycles.